The predicted octanol–water partition coefficient (Wildman–Crippen LogP) is 2.23. The highest BCUT2D eigenvalue weighted by Gasteiger charge is 2.15. The molecule has 7 heteroatoms. The SMILES string of the molecule is CCOC(=O)c1ccccc1OC(=O)SCCNC(C)=O. The summed E-state index contributed by atoms with van der Waals surface area (Å²) in [7, 11) is 0. The Balaban J connectivity index is 2.56. The second-order valence-corrected chi connectivity index (χ2v) is 4.93. The van der Waals surface area contributed by atoms with E-state index in [9.17, 15) is 14.4 Å². The predicted molar refractivity (Wildman–Crippen MR) is 79.6 cm³/mol. The van der Waals surface area contributed by atoms with Gasteiger partial charge in [0.2, 0.25) is 5.91 Å². The van der Waals surface area contributed by atoms with Crippen molar-refractivity contribution >= 4 is 28.9 Å². The molecule has 0 radical (unpaired) electrons. The van der Waals surface area contributed by atoms with Crippen LogP contribution >= 0.6 is 11.8 Å². The lowest BCUT2D eigenvalue weighted by Gasteiger charge is -2.09. The summed E-state index contributed by atoms with van der Waals surface area (Å²) in [5.74, 6) is -0.145. The molecule has 1 aromatic carbocycles. The van der Waals surface area contributed by atoms with Crippen LogP contribution in [-0.4, -0.2) is 36.1 Å². The van der Waals surface area contributed by atoms with Gasteiger partial charge in [-0.1, -0.05) is 12.1 Å². The number of esters is 1. The van der Waals surface area contributed by atoms with Crippen LogP contribution in [-0.2, 0) is 9.53 Å². The highest BCUT2D eigenvalue weighted by molar-refractivity contribution is 8.13. The summed E-state index contributed by atoms with van der Waals surface area (Å²) < 4.78 is 10.0. The van der Waals surface area contributed by atoms with Crippen LogP contribution in [0.3, 0.4) is 0 Å². The van der Waals surface area contributed by atoms with Gasteiger partial charge in [0.1, 0.15) is 11.3 Å². The standard InChI is InChI=1S/C14H17NO5S/c1-3-19-13(17)11-6-4-5-7-12(11)20-14(18)21-9-8-15-10(2)16/h4-7H,3,8-9H2,1-2H3,(H,15,16). The Hall–Kier alpha value is -2.02. The summed E-state index contributed by atoms with van der Waals surface area (Å²) in [6.45, 7) is 3.71. The van der Waals surface area contributed by atoms with Crippen LogP contribution in [0, 0.1) is 0 Å². The van der Waals surface area contributed by atoms with Gasteiger partial charge in [-0.15, -0.1) is 0 Å². The van der Waals surface area contributed by atoms with Crippen molar-refractivity contribution in [3.8, 4) is 5.75 Å². The summed E-state index contributed by atoms with van der Waals surface area (Å²) >= 11 is 0.919. The van der Waals surface area contributed by atoms with E-state index in [0.717, 1.165) is 11.8 Å². The minimum Gasteiger partial charge on any atom is -0.462 e. The maximum Gasteiger partial charge on any atom is 0.372 e. The zero-order valence-electron chi connectivity index (χ0n) is 11.9. The van der Waals surface area contributed by atoms with Crippen molar-refractivity contribution in [2.24, 2.45) is 0 Å². The maximum absolute atomic E-state index is 11.7. The van der Waals surface area contributed by atoms with Gasteiger partial charge in [-0.3, -0.25) is 4.79 Å². The fourth-order valence-corrected chi connectivity index (χ4v) is 1.93. The van der Waals surface area contributed by atoms with E-state index in [1.165, 1.54) is 19.1 Å². The third-order valence-corrected chi connectivity index (χ3v) is 3.00. The number of carbonyl (C=O) groups is 3. The summed E-state index contributed by atoms with van der Waals surface area (Å²) in [5, 5.41) is 2.03. The average Bonchev–Trinajstić information content (AvgIpc) is 2.44. The number of amides is 1. The first-order valence-corrected chi connectivity index (χ1v) is 7.38. The first-order valence-electron chi connectivity index (χ1n) is 6.39. The van der Waals surface area contributed by atoms with Gasteiger partial charge >= 0.3 is 11.3 Å². The van der Waals surface area contributed by atoms with Gasteiger partial charge in [0.15, 0.2) is 0 Å². The van der Waals surface area contributed by atoms with Crippen LogP contribution in [0.4, 0.5) is 4.79 Å². The molecular formula is C14H17NO5S. The van der Waals surface area contributed by atoms with Crippen molar-refractivity contribution in [1.29, 1.82) is 0 Å². The first-order chi connectivity index (χ1) is 10.0. The van der Waals surface area contributed by atoms with E-state index in [1.54, 1.807) is 19.1 Å². The molecule has 0 aliphatic carbocycles. The van der Waals surface area contributed by atoms with Gasteiger partial charge in [-0.05, 0) is 30.8 Å². The van der Waals surface area contributed by atoms with E-state index in [4.69, 9.17) is 9.47 Å². The number of benzene rings is 1. The Labute approximate surface area is 127 Å². The number of carbonyl (C=O) groups excluding carboxylic acids is 3. The molecule has 6 nitrogen and oxygen atoms in total. The lowest BCUT2D eigenvalue weighted by Crippen LogP contribution is -2.23. The molecule has 1 rings (SSSR count). The number of ether oxygens (including phenoxy) is 2. The molecule has 1 amide bonds. The minimum atomic E-state index is -0.544. The molecule has 0 saturated heterocycles. The summed E-state index contributed by atoms with van der Waals surface area (Å²) in [5.41, 5.74) is 0.204. The summed E-state index contributed by atoms with van der Waals surface area (Å²) in [4.78, 5) is 34.1. The molecule has 0 aliphatic heterocycles. The molecule has 0 saturated carbocycles. The lowest BCUT2D eigenvalue weighted by atomic mass is 10.2. The molecule has 0 heterocycles. The van der Waals surface area contributed by atoms with Gasteiger partial charge in [0.05, 0.1) is 6.61 Å². The van der Waals surface area contributed by atoms with E-state index in [-0.39, 0.29) is 23.8 Å². The highest BCUT2D eigenvalue weighted by atomic mass is 32.2. The fraction of sp³-hybridized carbons (Fsp3) is 0.357. The van der Waals surface area contributed by atoms with Crippen molar-refractivity contribution in [2.45, 2.75) is 13.8 Å². The molecule has 0 bridgehead atoms. The molecule has 0 fully saturated rings. The zero-order chi connectivity index (χ0) is 15.7. The zero-order valence-corrected chi connectivity index (χ0v) is 12.7. The van der Waals surface area contributed by atoms with Crippen LogP contribution < -0.4 is 10.1 Å². The highest BCUT2D eigenvalue weighted by Crippen LogP contribution is 2.21. The Kier molecular flexibility index (Phi) is 7.31. The van der Waals surface area contributed by atoms with Crippen molar-refractivity contribution in [2.75, 3.05) is 18.9 Å². The molecule has 114 valence electrons. The van der Waals surface area contributed by atoms with Gasteiger partial charge in [0, 0.05) is 19.2 Å². The second-order valence-electron chi connectivity index (χ2n) is 3.90. The number of hydrogen-bond acceptors (Lipinski definition) is 6. The van der Waals surface area contributed by atoms with Gasteiger partial charge in [-0.25, -0.2) is 9.59 Å². The Morgan fingerprint density at radius 2 is 1.95 bits per heavy atom. The van der Waals surface area contributed by atoms with Crippen LogP contribution in [0.1, 0.15) is 24.2 Å². The van der Waals surface area contributed by atoms with Crippen LogP contribution in [0.15, 0.2) is 24.3 Å². The third kappa shape index (κ3) is 6.31. The van der Waals surface area contributed by atoms with Gasteiger partial charge in [-0.2, -0.15) is 0 Å². The monoisotopic (exact) mass is 311 g/mol. The smallest absolute Gasteiger partial charge is 0.372 e. The number of nitrogens with one attached hydrogen (secondary N) is 1. The lowest BCUT2D eigenvalue weighted by molar-refractivity contribution is -0.118. The van der Waals surface area contributed by atoms with Gasteiger partial charge < -0.3 is 14.8 Å². The Morgan fingerprint density at radius 3 is 2.62 bits per heavy atom. The van der Waals surface area contributed by atoms with Crippen LogP contribution in [0.2, 0.25) is 0 Å². The van der Waals surface area contributed by atoms with E-state index < -0.39 is 11.3 Å². The number of rotatable bonds is 6. The molecule has 0 spiro atoms. The number of hydrogen-bond donors (Lipinski definition) is 1. The average molecular weight is 311 g/mol. The van der Waals surface area contributed by atoms with Crippen LogP contribution in [0.25, 0.3) is 0 Å². The topological polar surface area (TPSA) is 81.7 Å². The minimum absolute atomic E-state index is 0.156. The van der Waals surface area contributed by atoms with Crippen molar-refractivity contribution < 1.29 is 23.9 Å². The van der Waals surface area contributed by atoms with Crippen LogP contribution in [0.5, 0.6) is 5.75 Å². The van der Waals surface area contributed by atoms with Crippen molar-refractivity contribution in [3.05, 3.63) is 29.8 Å². The number of para-hydroxylation sites is 1. The molecule has 0 unspecified atom stereocenters. The van der Waals surface area contributed by atoms with E-state index in [2.05, 4.69) is 5.32 Å². The quantitative estimate of drug-likeness (QED) is 0.641. The molecule has 21 heavy (non-hydrogen) atoms. The third-order valence-electron chi connectivity index (χ3n) is 2.27. The number of thioether (sulfide) groups is 1. The van der Waals surface area contributed by atoms with E-state index >= 15 is 0 Å². The Bertz CT molecular complexity index is 518. The molecule has 0 atom stereocenters. The normalized spacial score (nSPS) is 9.81. The molecule has 1 aromatic rings. The Morgan fingerprint density at radius 1 is 1.24 bits per heavy atom. The van der Waals surface area contributed by atoms with E-state index in [0.29, 0.717) is 12.3 Å². The first kappa shape index (κ1) is 17.0. The van der Waals surface area contributed by atoms with E-state index in [1.807, 2.05) is 0 Å². The maximum atomic E-state index is 11.7. The molecule has 1 N–H and O–H groups in total. The van der Waals surface area contributed by atoms with Crippen molar-refractivity contribution in [3.63, 3.8) is 0 Å². The molecule has 0 aromatic heterocycles. The molecular weight excluding hydrogens is 294 g/mol. The summed E-state index contributed by atoms with van der Waals surface area (Å²) in [6.07, 6.45) is 0. The fourth-order valence-electron chi connectivity index (χ4n) is 1.41. The largest absolute Gasteiger partial charge is 0.462 e. The summed E-state index contributed by atoms with van der Waals surface area (Å²) in [6, 6.07) is 6.38. The van der Waals surface area contributed by atoms with Gasteiger partial charge in [0.25, 0.3) is 0 Å². The second kappa shape index (κ2) is 9.02. The molecule has 0 aliphatic rings. The van der Waals surface area contributed by atoms with Crippen molar-refractivity contribution in [1.82, 2.24) is 5.32 Å².